The Labute approximate surface area is 166 Å². The molecule has 0 spiro atoms. The van der Waals surface area contributed by atoms with Gasteiger partial charge in [-0.3, -0.25) is 9.59 Å². The van der Waals surface area contributed by atoms with E-state index < -0.39 is 5.82 Å². The predicted octanol–water partition coefficient (Wildman–Crippen LogP) is 2.15. The Bertz CT molecular complexity index is 814. The summed E-state index contributed by atoms with van der Waals surface area (Å²) in [5.74, 6) is -0.919. The summed E-state index contributed by atoms with van der Waals surface area (Å²) >= 11 is 5.93. The number of halogens is 2. The summed E-state index contributed by atoms with van der Waals surface area (Å²) in [4.78, 5) is 40.0. The van der Waals surface area contributed by atoms with Gasteiger partial charge in [-0.2, -0.15) is 0 Å². The predicted molar refractivity (Wildman–Crippen MR) is 99.5 cm³/mol. The average Bonchev–Trinajstić information content (AvgIpc) is 2.62. The Morgan fingerprint density at radius 3 is 2.75 bits per heavy atom. The van der Waals surface area contributed by atoms with Gasteiger partial charge in [-0.25, -0.2) is 9.18 Å². The molecule has 0 radical (unpaired) electrons. The topological polar surface area (TPSA) is 79.0 Å². The molecule has 0 saturated carbocycles. The fourth-order valence-corrected chi connectivity index (χ4v) is 4.19. The van der Waals surface area contributed by atoms with Gasteiger partial charge in [0.2, 0.25) is 5.91 Å². The molecule has 1 aromatic carbocycles. The SMILES string of the molecule is O=C1CO[C@H]2CCN(C(=O)N3CC(C(=O)Nc4ccc(F)cc4Cl)C3)C[C@H]2C1. The van der Waals surface area contributed by atoms with E-state index in [1.807, 2.05) is 0 Å². The van der Waals surface area contributed by atoms with Crippen molar-refractivity contribution in [2.24, 2.45) is 11.8 Å². The van der Waals surface area contributed by atoms with Crippen molar-refractivity contribution in [3.63, 3.8) is 0 Å². The first-order valence-corrected chi connectivity index (χ1v) is 9.71. The highest BCUT2D eigenvalue weighted by Crippen LogP contribution is 2.29. The molecular formula is C19H21ClFN3O4. The molecule has 3 amide bonds. The Morgan fingerprint density at radius 1 is 1.21 bits per heavy atom. The van der Waals surface area contributed by atoms with Gasteiger partial charge in [-0.15, -0.1) is 0 Å². The molecule has 7 nitrogen and oxygen atoms in total. The second-order valence-electron chi connectivity index (χ2n) is 7.58. The number of carbonyl (C=O) groups excluding carboxylic acids is 3. The number of nitrogens with zero attached hydrogens (tertiary/aromatic N) is 2. The fourth-order valence-electron chi connectivity index (χ4n) is 3.98. The van der Waals surface area contributed by atoms with Gasteiger partial charge in [0.1, 0.15) is 12.4 Å². The number of fused-ring (bicyclic) bond motifs is 1. The zero-order valence-electron chi connectivity index (χ0n) is 15.2. The van der Waals surface area contributed by atoms with Gasteiger partial charge in [0.15, 0.2) is 5.78 Å². The quantitative estimate of drug-likeness (QED) is 0.811. The number of benzene rings is 1. The number of Topliss-reactive ketones (excluding diaryl/α,β-unsaturated/α-hetero) is 1. The summed E-state index contributed by atoms with van der Waals surface area (Å²) in [6.07, 6.45) is 1.24. The number of ketones is 1. The molecule has 0 unspecified atom stereocenters. The number of ether oxygens (including phenoxy) is 1. The van der Waals surface area contributed by atoms with Gasteiger partial charge in [0.25, 0.3) is 0 Å². The van der Waals surface area contributed by atoms with E-state index in [0.29, 0.717) is 38.3 Å². The summed E-state index contributed by atoms with van der Waals surface area (Å²) in [6.45, 7) is 1.92. The van der Waals surface area contributed by atoms with E-state index in [0.717, 1.165) is 12.5 Å². The van der Waals surface area contributed by atoms with E-state index in [4.69, 9.17) is 16.3 Å². The van der Waals surface area contributed by atoms with E-state index in [9.17, 15) is 18.8 Å². The molecule has 2 atom stereocenters. The number of hydrogen-bond acceptors (Lipinski definition) is 4. The van der Waals surface area contributed by atoms with E-state index in [-0.39, 0.29) is 47.3 Å². The molecule has 0 bridgehead atoms. The maximum Gasteiger partial charge on any atom is 0.320 e. The molecule has 0 aromatic heterocycles. The summed E-state index contributed by atoms with van der Waals surface area (Å²) in [5.41, 5.74) is 0.349. The lowest BCUT2D eigenvalue weighted by atomic mass is 9.88. The monoisotopic (exact) mass is 409 g/mol. The van der Waals surface area contributed by atoms with E-state index in [2.05, 4.69) is 5.32 Å². The van der Waals surface area contributed by atoms with Crippen LogP contribution in [0, 0.1) is 17.7 Å². The van der Waals surface area contributed by atoms with Crippen LogP contribution in [-0.4, -0.2) is 66.4 Å². The third-order valence-electron chi connectivity index (χ3n) is 5.59. The van der Waals surface area contributed by atoms with E-state index in [1.165, 1.54) is 12.1 Å². The molecule has 3 fully saturated rings. The summed E-state index contributed by atoms with van der Waals surface area (Å²) in [5, 5.41) is 2.81. The van der Waals surface area contributed by atoms with Gasteiger partial charge < -0.3 is 19.9 Å². The largest absolute Gasteiger partial charge is 0.370 e. The molecule has 4 rings (SSSR count). The smallest absolute Gasteiger partial charge is 0.320 e. The van der Waals surface area contributed by atoms with Crippen LogP contribution in [0.1, 0.15) is 12.8 Å². The molecule has 3 aliphatic rings. The molecule has 3 heterocycles. The summed E-state index contributed by atoms with van der Waals surface area (Å²) < 4.78 is 18.6. The number of hydrogen-bond donors (Lipinski definition) is 1. The van der Waals surface area contributed by atoms with E-state index in [1.54, 1.807) is 9.80 Å². The maximum atomic E-state index is 13.1. The van der Waals surface area contributed by atoms with Crippen LogP contribution in [0.2, 0.25) is 5.02 Å². The van der Waals surface area contributed by atoms with Gasteiger partial charge in [-0.1, -0.05) is 11.6 Å². The van der Waals surface area contributed by atoms with Crippen LogP contribution in [-0.2, 0) is 14.3 Å². The van der Waals surface area contributed by atoms with Crippen LogP contribution in [0.25, 0.3) is 0 Å². The molecule has 9 heteroatoms. The molecule has 150 valence electrons. The first-order valence-electron chi connectivity index (χ1n) is 9.34. The van der Waals surface area contributed by atoms with Gasteiger partial charge in [-0.05, 0) is 24.6 Å². The third-order valence-corrected chi connectivity index (χ3v) is 5.91. The number of likely N-dealkylation sites (tertiary alicyclic amines) is 2. The van der Waals surface area contributed by atoms with Crippen molar-refractivity contribution in [1.29, 1.82) is 0 Å². The average molecular weight is 410 g/mol. The van der Waals surface area contributed by atoms with Crippen LogP contribution in [0.4, 0.5) is 14.9 Å². The van der Waals surface area contributed by atoms with Gasteiger partial charge in [0, 0.05) is 38.5 Å². The minimum Gasteiger partial charge on any atom is -0.370 e. The first kappa shape index (κ1) is 19.1. The summed E-state index contributed by atoms with van der Waals surface area (Å²) in [7, 11) is 0. The van der Waals surface area contributed by atoms with Crippen LogP contribution >= 0.6 is 11.6 Å². The second-order valence-corrected chi connectivity index (χ2v) is 7.99. The highest BCUT2D eigenvalue weighted by molar-refractivity contribution is 6.33. The minimum atomic E-state index is -0.475. The van der Waals surface area contributed by atoms with Crippen molar-refractivity contribution >= 4 is 35.0 Å². The lowest BCUT2D eigenvalue weighted by Gasteiger charge is -2.45. The lowest BCUT2D eigenvalue weighted by molar-refractivity contribution is -0.140. The Hall–Kier alpha value is -2.19. The highest BCUT2D eigenvalue weighted by Gasteiger charge is 2.41. The molecule has 1 aromatic rings. The fraction of sp³-hybridized carbons (Fsp3) is 0.526. The van der Waals surface area contributed by atoms with Crippen molar-refractivity contribution in [3.8, 4) is 0 Å². The van der Waals surface area contributed by atoms with Crippen LogP contribution in [0.3, 0.4) is 0 Å². The Kier molecular flexibility index (Phi) is 5.25. The zero-order chi connectivity index (χ0) is 19.8. The van der Waals surface area contributed by atoms with E-state index >= 15 is 0 Å². The molecule has 3 saturated heterocycles. The maximum absolute atomic E-state index is 13.1. The van der Waals surface area contributed by atoms with Crippen LogP contribution in [0.15, 0.2) is 18.2 Å². The van der Waals surface area contributed by atoms with Crippen molar-refractivity contribution in [2.75, 3.05) is 38.1 Å². The second kappa shape index (κ2) is 7.67. The molecule has 3 aliphatic heterocycles. The Balaban J connectivity index is 1.28. The molecule has 0 aliphatic carbocycles. The van der Waals surface area contributed by atoms with Gasteiger partial charge in [0.05, 0.1) is 22.7 Å². The van der Waals surface area contributed by atoms with Crippen molar-refractivity contribution in [2.45, 2.75) is 18.9 Å². The normalized spacial score (nSPS) is 25.1. The number of anilines is 1. The van der Waals surface area contributed by atoms with Crippen molar-refractivity contribution in [1.82, 2.24) is 9.80 Å². The summed E-state index contributed by atoms with van der Waals surface area (Å²) in [6, 6.07) is 3.66. The van der Waals surface area contributed by atoms with Crippen molar-refractivity contribution in [3.05, 3.63) is 29.0 Å². The number of urea groups is 1. The standard InChI is InChI=1S/C19H21ClFN3O4/c20-15-6-13(21)1-2-16(15)22-18(26)12-8-24(9-12)19(27)23-4-3-17-11(7-23)5-14(25)10-28-17/h1-2,6,11-12,17H,3-5,7-10H2,(H,22,26)/t11-,17+/m1/s1. The number of nitrogens with one attached hydrogen (secondary N) is 1. The number of rotatable bonds is 2. The zero-order valence-corrected chi connectivity index (χ0v) is 16.0. The van der Waals surface area contributed by atoms with Crippen molar-refractivity contribution < 1.29 is 23.5 Å². The molecule has 1 N–H and O–H groups in total. The minimum absolute atomic E-state index is 0.0529. The van der Waals surface area contributed by atoms with Gasteiger partial charge >= 0.3 is 6.03 Å². The highest BCUT2D eigenvalue weighted by atomic mass is 35.5. The number of piperidine rings is 1. The van der Waals surface area contributed by atoms with Crippen LogP contribution < -0.4 is 5.32 Å². The molecule has 28 heavy (non-hydrogen) atoms. The number of carbonyl (C=O) groups is 3. The lowest BCUT2D eigenvalue weighted by Crippen LogP contribution is -2.60. The molecular weight excluding hydrogens is 389 g/mol. The third kappa shape index (κ3) is 3.84. The number of amides is 3. The Morgan fingerprint density at radius 2 is 2.00 bits per heavy atom. The first-order chi connectivity index (χ1) is 13.4. The van der Waals surface area contributed by atoms with Crippen LogP contribution in [0.5, 0.6) is 0 Å².